The highest BCUT2D eigenvalue weighted by molar-refractivity contribution is 7.18. The van der Waals surface area contributed by atoms with E-state index in [0.717, 1.165) is 38.1 Å². The molecular weight excluding hydrogens is 428 g/mol. The number of amides is 1. The van der Waals surface area contributed by atoms with E-state index < -0.39 is 0 Å². The molecule has 1 unspecified atom stereocenters. The van der Waals surface area contributed by atoms with Gasteiger partial charge in [0.05, 0.1) is 47.8 Å². The Morgan fingerprint density at radius 1 is 1.41 bits per heavy atom. The lowest BCUT2D eigenvalue weighted by Crippen LogP contribution is -2.39. The van der Waals surface area contributed by atoms with E-state index >= 15 is 0 Å². The van der Waals surface area contributed by atoms with Crippen LogP contribution in [0.3, 0.4) is 0 Å². The van der Waals surface area contributed by atoms with Gasteiger partial charge in [0.25, 0.3) is 0 Å². The molecule has 1 aromatic carbocycles. The van der Waals surface area contributed by atoms with Crippen LogP contribution >= 0.6 is 11.3 Å². The van der Waals surface area contributed by atoms with Crippen LogP contribution in [0.15, 0.2) is 36.7 Å². The first-order valence-corrected chi connectivity index (χ1v) is 11.2. The molecule has 0 bridgehead atoms. The number of aromatic nitrogens is 4. The van der Waals surface area contributed by atoms with Gasteiger partial charge in [0, 0.05) is 31.0 Å². The molecule has 4 heterocycles. The molecule has 0 aliphatic carbocycles. The Morgan fingerprint density at radius 3 is 3.19 bits per heavy atom. The summed E-state index contributed by atoms with van der Waals surface area (Å²) in [6.45, 7) is 2.60. The van der Waals surface area contributed by atoms with E-state index in [1.165, 1.54) is 7.11 Å². The third kappa shape index (κ3) is 4.04. The molecule has 1 aliphatic rings. The number of ether oxygens (including phenoxy) is 2. The van der Waals surface area contributed by atoms with E-state index in [0.29, 0.717) is 25.6 Å². The third-order valence-electron chi connectivity index (χ3n) is 5.61. The predicted molar refractivity (Wildman–Crippen MR) is 123 cm³/mol. The maximum Gasteiger partial charge on any atom is 0.248 e. The van der Waals surface area contributed by atoms with Crippen LogP contribution in [-0.4, -0.2) is 71.4 Å². The topological polar surface area (TPSA) is 96.5 Å². The van der Waals surface area contributed by atoms with E-state index in [1.54, 1.807) is 23.3 Å². The number of hydrogen-bond donors (Lipinski definition) is 1. The lowest BCUT2D eigenvalue weighted by Gasteiger charge is -2.33. The number of benzene rings is 1. The average molecular weight is 453 g/mol. The summed E-state index contributed by atoms with van der Waals surface area (Å²) < 4.78 is 12.0. The number of aromatic amines is 1. The molecule has 9 nitrogen and oxygen atoms in total. The van der Waals surface area contributed by atoms with Crippen LogP contribution in [-0.2, 0) is 20.8 Å². The van der Waals surface area contributed by atoms with Crippen LogP contribution < -0.4 is 4.90 Å². The zero-order valence-electron chi connectivity index (χ0n) is 17.9. The standard InChI is InChI=1S/C22H24N6O3S/c1-27(21(29)13-30-2)11-14-8-18-20(32-14)10-23-22(25-18)28-6-7-31-19(12-28)15-4-3-5-17-16(15)9-24-26-17/h3-5,8-10,19H,6-7,11-13H2,1-2H3,(H,24,26). The Labute approximate surface area is 189 Å². The monoisotopic (exact) mass is 452 g/mol. The lowest BCUT2D eigenvalue weighted by molar-refractivity contribution is -0.134. The SMILES string of the molecule is COCC(=O)N(C)Cc1cc2nc(N3CCOC(c4cccc5[nH]ncc45)C3)ncc2s1. The summed E-state index contributed by atoms with van der Waals surface area (Å²) >= 11 is 1.60. The smallest absolute Gasteiger partial charge is 0.248 e. The number of rotatable bonds is 6. The molecule has 0 saturated carbocycles. The minimum atomic E-state index is -0.0807. The average Bonchev–Trinajstić information content (AvgIpc) is 3.45. The molecule has 5 rings (SSSR count). The van der Waals surface area contributed by atoms with Gasteiger partial charge in [0.1, 0.15) is 12.7 Å². The first-order chi connectivity index (χ1) is 15.6. The van der Waals surface area contributed by atoms with Gasteiger partial charge in [-0.25, -0.2) is 9.97 Å². The van der Waals surface area contributed by atoms with Crippen molar-refractivity contribution in [2.45, 2.75) is 12.6 Å². The largest absolute Gasteiger partial charge is 0.375 e. The summed E-state index contributed by atoms with van der Waals surface area (Å²) in [6.07, 6.45) is 3.63. The summed E-state index contributed by atoms with van der Waals surface area (Å²) in [5.74, 6) is 0.641. The Bertz CT molecular complexity index is 1250. The van der Waals surface area contributed by atoms with Gasteiger partial charge in [-0.1, -0.05) is 12.1 Å². The van der Waals surface area contributed by atoms with Crippen LogP contribution in [0.1, 0.15) is 16.5 Å². The highest BCUT2D eigenvalue weighted by Gasteiger charge is 2.25. The Balaban J connectivity index is 1.35. The van der Waals surface area contributed by atoms with Crippen LogP contribution in [0, 0.1) is 0 Å². The molecule has 1 amide bonds. The third-order valence-corrected chi connectivity index (χ3v) is 6.65. The van der Waals surface area contributed by atoms with Crippen molar-refractivity contribution >= 4 is 44.3 Å². The number of H-pyrrole nitrogens is 1. The number of morpholine rings is 1. The maximum absolute atomic E-state index is 12.0. The maximum atomic E-state index is 12.0. The fourth-order valence-electron chi connectivity index (χ4n) is 3.96. The van der Waals surface area contributed by atoms with Gasteiger partial charge in [0.2, 0.25) is 11.9 Å². The zero-order chi connectivity index (χ0) is 22.1. The first-order valence-electron chi connectivity index (χ1n) is 10.4. The molecule has 1 atom stereocenters. The number of hydrogen-bond acceptors (Lipinski definition) is 8. The number of carbonyl (C=O) groups is 1. The zero-order valence-corrected chi connectivity index (χ0v) is 18.8. The van der Waals surface area contributed by atoms with Gasteiger partial charge in [0.15, 0.2) is 0 Å². The van der Waals surface area contributed by atoms with Crippen LogP contribution in [0.5, 0.6) is 0 Å². The van der Waals surface area contributed by atoms with Gasteiger partial charge in [-0.05, 0) is 17.7 Å². The number of nitrogens with one attached hydrogen (secondary N) is 1. The first kappa shape index (κ1) is 20.8. The molecule has 1 saturated heterocycles. The summed E-state index contributed by atoms with van der Waals surface area (Å²) in [7, 11) is 3.30. The van der Waals surface area contributed by atoms with Crippen LogP contribution in [0.4, 0.5) is 5.95 Å². The van der Waals surface area contributed by atoms with E-state index in [1.807, 2.05) is 30.6 Å². The minimum Gasteiger partial charge on any atom is -0.375 e. The molecule has 32 heavy (non-hydrogen) atoms. The van der Waals surface area contributed by atoms with E-state index in [2.05, 4.69) is 26.1 Å². The molecule has 4 aromatic rings. The fourth-order valence-corrected chi connectivity index (χ4v) is 4.98. The van der Waals surface area contributed by atoms with Crippen molar-refractivity contribution in [3.05, 3.63) is 47.1 Å². The normalized spacial score (nSPS) is 16.7. The Hall–Kier alpha value is -3.08. The number of likely N-dealkylation sites (N-methyl/N-ethyl adjacent to an activating group) is 1. The molecule has 1 aliphatic heterocycles. The van der Waals surface area contributed by atoms with Crippen molar-refractivity contribution in [2.75, 3.05) is 45.4 Å². The van der Waals surface area contributed by atoms with Gasteiger partial charge in [-0.2, -0.15) is 5.10 Å². The number of nitrogens with zero attached hydrogens (tertiary/aromatic N) is 5. The fraction of sp³-hybridized carbons (Fsp3) is 0.364. The summed E-state index contributed by atoms with van der Waals surface area (Å²) in [5, 5.41) is 8.25. The lowest BCUT2D eigenvalue weighted by atomic mass is 10.0. The number of fused-ring (bicyclic) bond motifs is 2. The molecule has 1 N–H and O–H groups in total. The highest BCUT2D eigenvalue weighted by atomic mass is 32.1. The quantitative estimate of drug-likeness (QED) is 0.480. The Kier molecular flexibility index (Phi) is 5.73. The second-order valence-corrected chi connectivity index (χ2v) is 8.97. The molecule has 10 heteroatoms. The summed E-state index contributed by atoms with van der Waals surface area (Å²) in [5.41, 5.74) is 3.01. The van der Waals surface area contributed by atoms with Crippen molar-refractivity contribution in [3.8, 4) is 0 Å². The van der Waals surface area contributed by atoms with Crippen LogP contribution in [0.2, 0.25) is 0 Å². The van der Waals surface area contributed by atoms with Gasteiger partial charge < -0.3 is 19.3 Å². The van der Waals surface area contributed by atoms with Crippen molar-refractivity contribution in [3.63, 3.8) is 0 Å². The minimum absolute atomic E-state index is 0.0521. The summed E-state index contributed by atoms with van der Waals surface area (Å²) in [6, 6.07) is 8.15. The van der Waals surface area contributed by atoms with Crippen molar-refractivity contribution in [1.82, 2.24) is 25.1 Å². The molecular formula is C22H24N6O3S. The van der Waals surface area contributed by atoms with Crippen molar-refractivity contribution in [2.24, 2.45) is 0 Å². The van der Waals surface area contributed by atoms with Gasteiger partial charge in [-0.15, -0.1) is 11.3 Å². The Morgan fingerprint density at radius 2 is 2.31 bits per heavy atom. The number of thiophene rings is 1. The van der Waals surface area contributed by atoms with Crippen molar-refractivity contribution < 1.29 is 14.3 Å². The number of carbonyl (C=O) groups excluding carboxylic acids is 1. The molecule has 1 fully saturated rings. The molecule has 0 spiro atoms. The highest BCUT2D eigenvalue weighted by Crippen LogP contribution is 2.31. The van der Waals surface area contributed by atoms with Crippen molar-refractivity contribution in [1.29, 1.82) is 0 Å². The van der Waals surface area contributed by atoms with Gasteiger partial charge in [-0.3, -0.25) is 9.89 Å². The van der Waals surface area contributed by atoms with E-state index in [4.69, 9.17) is 14.5 Å². The number of anilines is 1. The number of methoxy groups -OCH3 is 1. The molecule has 3 aromatic heterocycles. The molecule has 0 radical (unpaired) electrons. The summed E-state index contributed by atoms with van der Waals surface area (Å²) in [4.78, 5) is 26.3. The molecule has 166 valence electrons. The van der Waals surface area contributed by atoms with Crippen LogP contribution in [0.25, 0.3) is 21.1 Å². The second kappa shape index (κ2) is 8.81. The van der Waals surface area contributed by atoms with E-state index in [9.17, 15) is 4.79 Å². The predicted octanol–water partition coefficient (Wildman–Crippen LogP) is 2.75. The second-order valence-electron chi connectivity index (χ2n) is 7.80. The van der Waals surface area contributed by atoms with Gasteiger partial charge >= 0.3 is 0 Å². The van der Waals surface area contributed by atoms with E-state index in [-0.39, 0.29) is 18.6 Å².